The summed E-state index contributed by atoms with van der Waals surface area (Å²) in [7, 11) is 1.58. The highest BCUT2D eigenvalue weighted by Gasteiger charge is 2.20. The van der Waals surface area contributed by atoms with Crippen LogP contribution in [-0.4, -0.2) is 17.9 Å². The van der Waals surface area contributed by atoms with Crippen molar-refractivity contribution in [1.82, 2.24) is 10.6 Å². The number of hydrogen-bond donors (Lipinski definition) is 2. The normalized spacial score (nSPS) is 11.7. The minimum atomic E-state index is -0.514. The number of carbonyl (C=O) groups is 1. The van der Waals surface area contributed by atoms with E-state index in [2.05, 4.69) is 10.6 Å². The summed E-state index contributed by atoms with van der Waals surface area (Å²) in [5.41, 5.74) is 2.33. The molecule has 0 aliphatic rings. The fourth-order valence-electron chi connectivity index (χ4n) is 2.42. The first-order chi connectivity index (χ1) is 11.0. The number of carbonyl (C=O) groups excluding carboxylic acids is 1. The van der Waals surface area contributed by atoms with Gasteiger partial charge in [0, 0.05) is 25.2 Å². The maximum Gasteiger partial charge on any atom is 0.272 e. The van der Waals surface area contributed by atoms with Gasteiger partial charge in [-0.2, -0.15) is 0 Å². The van der Waals surface area contributed by atoms with Crippen LogP contribution < -0.4 is 10.6 Å². The fraction of sp³-hybridized carbons (Fsp3) is 0.235. The first-order valence-corrected chi connectivity index (χ1v) is 7.27. The lowest BCUT2D eigenvalue weighted by molar-refractivity contribution is -0.385. The Balaban J connectivity index is 2.21. The maximum atomic E-state index is 12.1. The van der Waals surface area contributed by atoms with Gasteiger partial charge in [0.25, 0.3) is 5.69 Å². The molecule has 2 aromatic rings. The zero-order valence-corrected chi connectivity index (χ0v) is 13.1. The van der Waals surface area contributed by atoms with Crippen molar-refractivity contribution in [3.63, 3.8) is 0 Å². The van der Waals surface area contributed by atoms with Crippen molar-refractivity contribution in [3.8, 4) is 0 Å². The quantitative estimate of drug-likeness (QED) is 0.634. The summed E-state index contributed by atoms with van der Waals surface area (Å²) in [4.78, 5) is 22.7. The van der Waals surface area contributed by atoms with Crippen molar-refractivity contribution in [2.24, 2.45) is 0 Å². The Kier molecular flexibility index (Phi) is 5.43. The topological polar surface area (TPSA) is 84.3 Å². The zero-order chi connectivity index (χ0) is 16.8. The number of hydrogen-bond acceptors (Lipinski definition) is 4. The van der Waals surface area contributed by atoms with Crippen molar-refractivity contribution in [2.45, 2.75) is 19.5 Å². The van der Waals surface area contributed by atoms with Crippen LogP contribution >= 0.6 is 0 Å². The summed E-state index contributed by atoms with van der Waals surface area (Å²) >= 11 is 0. The summed E-state index contributed by atoms with van der Waals surface area (Å²) in [6.45, 7) is 2.08. The molecular weight excluding hydrogens is 294 g/mol. The SMILES string of the molecule is CNC(=O)[C@H](NCc1cccc([N+](=O)[O-])c1C)c1ccccc1. The summed E-state index contributed by atoms with van der Waals surface area (Å²) < 4.78 is 0. The van der Waals surface area contributed by atoms with Crippen LogP contribution in [0.3, 0.4) is 0 Å². The predicted octanol–water partition coefficient (Wildman–Crippen LogP) is 2.48. The van der Waals surface area contributed by atoms with Gasteiger partial charge in [-0.1, -0.05) is 42.5 Å². The van der Waals surface area contributed by atoms with Crippen LogP contribution in [0.25, 0.3) is 0 Å². The van der Waals surface area contributed by atoms with Gasteiger partial charge < -0.3 is 5.32 Å². The molecule has 0 spiro atoms. The second-order valence-corrected chi connectivity index (χ2v) is 5.16. The van der Waals surface area contributed by atoms with Crippen molar-refractivity contribution in [2.75, 3.05) is 7.05 Å². The Morgan fingerprint density at radius 2 is 1.87 bits per heavy atom. The number of nitrogens with zero attached hydrogens (tertiary/aromatic N) is 1. The molecule has 2 aromatic carbocycles. The summed E-state index contributed by atoms with van der Waals surface area (Å²) in [6.07, 6.45) is 0. The molecule has 6 heteroatoms. The van der Waals surface area contributed by atoms with Crippen molar-refractivity contribution in [3.05, 3.63) is 75.3 Å². The third kappa shape index (κ3) is 3.92. The fourth-order valence-corrected chi connectivity index (χ4v) is 2.42. The van der Waals surface area contributed by atoms with Crippen LogP contribution in [0.15, 0.2) is 48.5 Å². The average molecular weight is 313 g/mol. The van der Waals surface area contributed by atoms with E-state index in [9.17, 15) is 14.9 Å². The highest BCUT2D eigenvalue weighted by Crippen LogP contribution is 2.22. The Hall–Kier alpha value is -2.73. The lowest BCUT2D eigenvalue weighted by atomic mass is 10.0. The van der Waals surface area contributed by atoms with Crippen LogP contribution in [-0.2, 0) is 11.3 Å². The highest BCUT2D eigenvalue weighted by atomic mass is 16.6. The third-order valence-electron chi connectivity index (χ3n) is 3.75. The van der Waals surface area contributed by atoms with E-state index in [4.69, 9.17) is 0 Å². The second kappa shape index (κ2) is 7.51. The molecule has 0 saturated heterocycles. The third-order valence-corrected chi connectivity index (χ3v) is 3.75. The van der Waals surface area contributed by atoms with Gasteiger partial charge in [-0.15, -0.1) is 0 Å². The van der Waals surface area contributed by atoms with Crippen LogP contribution in [0.2, 0.25) is 0 Å². The Labute approximate surface area is 134 Å². The van der Waals surface area contributed by atoms with Crippen LogP contribution in [0.1, 0.15) is 22.7 Å². The van der Waals surface area contributed by atoms with E-state index in [1.165, 1.54) is 6.07 Å². The van der Waals surface area contributed by atoms with E-state index in [0.717, 1.165) is 11.1 Å². The minimum Gasteiger partial charge on any atom is -0.358 e. The molecule has 23 heavy (non-hydrogen) atoms. The van der Waals surface area contributed by atoms with Crippen molar-refractivity contribution < 1.29 is 9.72 Å². The van der Waals surface area contributed by atoms with E-state index in [0.29, 0.717) is 12.1 Å². The molecule has 1 amide bonds. The van der Waals surface area contributed by atoms with Gasteiger partial charge in [0.1, 0.15) is 6.04 Å². The number of benzene rings is 2. The molecule has 0 heterocycles. The zero-order valence-electron chi connectivity index (χ0n) is 13.1. The molecule has 6 nitrogen and oxygen atoms in total. The number of amides is 1. The van der Waals surface area contributed by atoms with Crippen LogP contribution in [0.4, 0.5) is 5.69 Å². The number of nitro groups is 1. The molecule has 1 atom stereocenters. The monoisotopic (exact) mass is 313 g/mol. The molecule has 0 bridgehead atoms. The van der Waals surface area contributed by atoms with Gasteiger partial charge in [0.15, 0.2) is 0 Å². The first-order valence-electron chi connectivity index (χ1n) is 7.27. The van der Waals surface area contributed by atoms with Gasteiger partial charge in [0.05, 0.1) is 4.92 Å². The second-order valence-electron chi connectivity index (χ2n) is 5.16. The van der Waals surface area contributed by atoms with E-state index in [1.54, 1.807) is 20.0 Å². The number of nitro benzene ring substituents is 1. The molecule has 0 aliphatic heterocycles. The van der Waals surface area contributed by atoms with Gasteiger partial charge >= 0.3 is 0 Å². The molecule has 0 saturated carbocycles. The van der Waals surface area contributed by atoms with Crippen LogP contribution in [0, 0.1) is 17.0 Å². The van der Waals surface area contributed by atoms with Gasteiger partial charge in [-0.05, 0) is 18.1 Å². The first kappa shape index (κ1) is 16.6. The van der Waals surface area contributed by atoms with Crippen LogP contribution in [0.5, 0.6) is 0 Å². The Morgan fingerprint density at radius 1 is 1.17 bits per heavy atom. The summed E-state index contributed by atoms with van der Waals surface area (Å²) in [5, 5.41) is 16.8. The number of rotatable bonds is 6. The molecule has 2 rings (SSSR count). The van der Waals surface area contributed by atoms with E-state index in [-0.39, 0.29) is 11.6 Å². The molecule has 120 valence electrons. The molecule has 0 fully saturated rings. The molecule has 2 N–H and O–H groups in total. The molecule has 0 aliphatic carbocycles. The van der Waals surface area contributed by atoms with Gasteiger partial charge in [-0.3, -0.25) is 20.2 Å². The van der Waals surface area contributed by atoms with E-state index in [1.807, 2.05) is 36.4 Å². The summed E-state index contributed by atoms with van der Waals surface area (Å²) in [5.74, 6) is -0.153. The van der Waals surface area contributed by atoms with Gasteiger partial charge in [-0.25, -0.2) is 0 Å². The highest BCUT2D eigenvalue weighted by molar-refractivity contribution is 5.82. The van der Waals surface area contributed by atoms with Crippen molar-refractivity contribution in [1.29, 1.82) is 0 Å². The van der Waals surface area contributed by atoms with E-state index >= 15 is 0 Å². The summed E-state index contributed by atoms with van der Waals surface area (Å²) in [6, 6.07) is 13.8. The standard InChI is InChI=1S/C17H19N3O3/c1-12-14(9-6-10-15(12)20(22)23)11-19-16(17(21)18-2)13-7-4-3-5-8-13/h3-10,16,19H,11H2,1-2H3,(H,18,21)/t16-/m1/s1. The van der Waals surface area contributed by atoms with Crippen molar-refractivity contribution >= 4 is 11.6 Å². The average Bonchev–Trinajstić information content (AvgIpc) is 2.56. The largest absolute Gasteiger partial charge is 0.358 e. The molecule has 0 aromatic heterocycles. The van der Waals surface area contributed by atoms with E-state index < -0.39 is 11.0 Å². The number of likely N-dealkylation sites (N-methyl/N-ethyl adjacent to an activating group) is 1. The Bertz CT molecular complexity index is 701. The maximum absolute atomic E-state index is 12.1. The smallest absolute Gasteiger partial charge is 0.272 e. The molecule has 0 radical (unpaired) electrons. The minimum absolute atomic E-state index is 0.0838. The Morgan fingerprint density at radius 3 is 2.48 bits per heavy atom. The van der Waals surface area contributed by atoms with Gasteiger partial charge in [0.2, 0.25) is 5.91 Å². The predicted molar refractivity (Wildman–Crippen MR) is 87.9 cm³/mol. The lowest BCUT2D eigenvalue weighted by Gasteiger charge is -2.18. The molecule has 0 unspecified atom stereocenters. The number of nitrogens with one attached hydrogen (secondary N) is 2. The molecular formula is C17H19N3O3. The lowest BCUT2D eigenvalue weighted by Crippen LogP contribution is -2.35.